The highest BCUT2D eigenvalue weighted by molar-refractivity contribution is 7.90. The summed E-state index contributed by atoms with van der Waals surface area (Å²) >= 11 is 0. The summed E-state index contributed by atoms with van der Waals surface area (Å²) in [6.45, 7) is 4.44. The second-order valence-electron chi connectivity index (χ2n) is 6.35. The molecule has 0 saturated carbocycles. The smallest absolute Gasteiger partial charge is 0.221 e. The normalized spacial score (nSPS) is 11.3. The minimum Gasteiger partial charge on any atom is -0.356 e. The van der Waals surface area contributed by atoms with E-state index in [1.54, 1.807) is 0 Å². The van der Waals surface area contributed by atoms with E-state index < -0.39 is 9.84 Å². The number of aryl methyl sites for hydroxylation is 2. The number of rotatable bonds is 8. The van der Waals surface area contributed by atoms with Crippen LogP contribution < -0.4 is 5.32 Å². The molecule has 0 radical (unpaired) electrons. The van der Waals surface area contributed by atoms with Crippen LogP contribution in [0.3, 0.4) is 0 Å². The number of nitrogens with one attached hydrogen (secondary N) is 1. The zero-order valence-corrected chi connectivity index (χ0v) is 15.6. The quantitative estimate of drug-likeness (QED) is 0.788. The minimum atomic E-state index is -3.29. The molecule has 0 unspecified atom stereocenters. The van der Waals surface area contributed by atoms with Gasteiger partial charge in [-0.3, -0.25) is 4.79 Å². The van der Waals surface area contributed by atoms with Gasteiger partial charge in [0.1, 0.15) is 0 Å². The fourth-order valence-electron chi connectivity index (χ4n) is 2.52. The Labute approximate surface area is 150 Å². The van der Waals surface area contributed by atoms with E-state index in [1.807, 2.05) is 62.4 Å². The van der Waals surface area contributed by atoms with Crippen LogP contribution in [0, 0.1) is 13.8 Å². The monoisotopic (exact) mass is 359 g/mol. The van der Waals surface area contributed by atoms with E-state index in [2.05, 4.69) is 5.32 Å². The molecule has 0 bridgehead atoms. The summed E-state index contributed by atoms with van der Waals surface area (Å²) in [5.41, 5.74) is 4.10. The fraction of sp³-hybridized carbons (Fsp3) is 0.350. The average molecular weight is 359 g/mol. The molecule has 5 heteroatoms. The fourth-order valence-corrected chi connectivity index (χ4v) is 3.96. The van der Waals surface area contributed by atoms with Crippen LogP contribution in [0.5, 0.6) is 0 Å². The van der Waals surface area contributed by atoms with Gasteiger partial charge in [-0.2, -0.15) is 0 Å². The van der Waals surface area contributed by atoms with Crippen molar-refractivity contribution in [2.45, 2.75) is 32.4 Å². The molecular formula is C20H25NO3S. The van der Waals surface area contributed by atoms with Crippen LogP contribution >= 0.6 is 0 Å². The van der Waals surface area contributed by atoms with Crippen molar-refractivity contribution in [2.24, 2.45) is 0 Å². The summed E-state index contributed by atoms with van der Waals surface area (Å²) in [6, 6.07) is 15.6. The molecule has 0 fully saturated rings. The lowest BCUT2D eigenvalue weighted by Gasteiger charge is -2.08. The molecule has 25 heavy (non-hydrogen) atoms. The Morgan fingerprint density at radius 1 is 1.00 bits per heavy atom. The van der Waals surface area contributed by atoms with Crippen LogP contribution in [-0.2, 0) is 26.8 Å². The lowest BCUT2D eigenvalue weighted by Crippen LogP contribution is -2.27. The molecule has 2 aromatic carbocycles. The molecule has 0 saturated heterocycles. The summed E-state index contributed by atoms with van der Waals surface area (Å²) < 4.78 is 24.4. The number of carbonyl (C=O) groups is 1. The Kier molecular flexibility index (Phi) is 6.76. The number of hydrogen-bond donors (Lipinski definition) is 1. The highest BCUT2D eigenvalue weighted by Gasteiger charge is 2.15. The second-order valence-corrected chi connectivity index (χ2v) is 8.54. The molecule has 0 spiro atoms. The molecular weight excluding hydrogens is 334 g/mol. The third kappa shape index (κ3) is 6.70. The Morgan fingerprint density at radius 3 is 2.36 bits per heavy atom. The first kappa shape index (κ1) is 19.2. The SMILES string of the molecule is Cc1ccc(CCNC(=O)CCS(=O)(=O)Cc2ccccc2C)cc1. The summed E-state index contributed by atoms with van der Waals surface area (Å²) in [4.78, 5) is 11.9. The predicted molar refractivity (Wildman–Crippen MR) is 101 cm³/mol. The van der Waals surface area contributed by atoms with Crippen LogP contribution in [0.1, 0.15) is 28.7 Å². The Morgan fingerprint density at radius 2 is 1.68 bits per heavy atom. The van der Waals surface area contributed by atoms with Crippen LogP contribution in [0.2, 0.25) is 0 Å². The summed E-state index contributed by atoms with van der Waals surface area (Å²) in [5.74, 6) is -0.367. The standard InChI is InChI=1S/C20H25NO3S/c1-16-7-9-18(10-8-16)11-13-21-20(22)12-14-25(23,24)15-19-6-4-3-5-17(19)2/h3-10H,11-15H2,1-2H3,(H,21,22). The van der Waals surface area contributed by atoms with Gasteiger partial charge in [-0.15, -0.1) is 0 Å². The molecule has 0 aliphatic rings. The zero-order chi connectivity index (χ0) is 18.3. The first-order valence-electron chi connectivity index (χ1n) is 8.43. The minimum absolute atomic E-state index is 0.00210. The maximum absolute atomic E-state index is 12.2. The van der Waals surface area contributed by atoms with Crippen molar-refractivity contribution < 1.29 is 13.2 Å². The maximum Gasteiger partial charge on any atom is 0.221 e. The summed E-state index contributed by atoms with van der Waals surface area (Å²) in [6.07, 6.45) is 0.740. The van der Waals surface area contributed by atoms with Crippen LogP contribution in [0.25, 0.3) is 0 Å². The van der Waals surface area contributed by atoms with E-state index in [1.165, 1.54) is 5.56 Å². The van der Waals surface area contributed by atoms with E-state index in [9.17, 15) is 13.2 Å². The first-order valence-corrected chi connectivity index (χ1v) is 10.2. The number of sulfone groups is 1. The Balaban J connectivity index is 1.75. The van der Waals surface area contributed by atoms with Crippen molar-refractivity contribution in [1.29, 1.82) is 0 Å². The maximum atomic E-state index is 12.2. The van der Waals surface area contributed by atoms with Crippen molar-refractivity contribution in [3.8, 4) is 0 Å². The molecule has 4 nitrogen and oxygen atoms in total. The topological polar surface area (TPSA) is 63.2 Å². The first-order chi connectivity index (χ1) is 11.9. The van der Waals surface area contributed by atoms with Gasteiger partial charge in [0, 0.05) is 13.0 Å². The lowest BCUT2D eigenvalue weighted by molar-refractivity contribution is -0.120. The second kappa shape index (κ2) is 8.81. The highest BCUT2D eigenvalue weighted by atomic mass is 32.2. The van der Waals surface area contributed by atoms with Gasteiger partial charge in [0.25, 0.3) is 0 Å². The third-order valence-electron chi connectivity index (χ3n) is 4.13. The van der Waals surface area contributed by atoms with Gasteiger partial charge in [-0.25, -0.2) is 8.42 Å². The number of carbonyl (C=O) groups excluding carboxylic acids is 1. The lowest BCUT2D eigenvalue weighted by atomic mass is 10.1. The molecule has 0 atom stereocenters. The van der Waals surface area contributed by atoms with Crippen molar-refractivity contribution >= 4 is 15.7 Å². The van der Waals surface area contributed by atoms with E-state index in [0.29, 0.717) is 6.54 Å². The van der Waals surface area contributed by atoms with E-state index in [4.69, 9.17) is 0 Å². The van der Waals surface area contributed by atoms with Gasteiger partial charge >= 0.3 is 0 Å². The van der Waals surface area contributed by atoms with Gasteiger partial charge < -0.3 is 5.32 Å². The molecule has 0 heterocycles. The van der Waals surface area contributed by atoms with Gasteiger partial charge in [0.05, 0.1) is 11.5 Å². The Bertz CT molecular complexity index is 811. The van der Waals surface area contributed by atoms with E-state index in [0.717, 1.165) is 23.1 Å². The summed E-state index contributed by atoms with van der Waals surface area (Å²) in [7, 11) is -3.29. The van der Waals surface area contributed by atoms with Crippen LogP contribution in [0.4, 0.5) is 0 Å². The van der Waals surface area contributed by atoms with E-state index in [-0.39, 0.29) is 23.8 Å². The van der Waals surface area contributed by atoms with Crippen LogP contribution in [0.15, 0.2) is 48.5 Å². The number of benzene rings is 2. The van der Waals surface area contributed by atoms with Crippen molar-refractivity contribution in [3.63, 3.8) is 0 Å². The summed E-state index contributed by atoms with van der Waals surface area (Å²) in [5, 5.41) is 2.79. The highest BCUT2D eigenvalue weighted by Crippen LogP contribution is 2.12. The molecule has 2 aromatic rings. The van der Waals surface area contributed by atoms with Crippen molar-refractivity contribution in [3.05, 3.63) is 70.8 Å². The molecule has 134 valence electrons. The molecule has 1 N–H and O–H groups in total. The molecule has 0 aliphatic heterocycles. The zero-order valence-electron chi connectivity index (χ0n) is 14.8. The van der Waals surface area contributed by atoms with Crippen molar-refractivity contribution in [2.75, 3.05) is 12.3 Å². The Hall–Kier alpha value is -2.14. The molecule has 0 aliphatic carbocycles. The predicted octanol–water partition coefficient (Wildman–Crippen LogP) is 2.97. The van der Waals surface area contributed by atoms with Gasteiger partial charge in [-0.1, -0.05) is 54.1 Å². The van der Waals surface area contributed by atoms with E-state index >= 15 is 0 Å². The molecule has 1 amide bonds. The van der Waals surface area contributed by atoms with Gasteiger partial charge in [0.15, 0.2) is 9.84 Å². The molecule has 0 aromatic heterocycles. The largest absolute Gasteiger partial charge is 0.356 e. The molecule has 2 rings (SSSR count). The van der Waals surface area contributed by atoms with Gasteiger partial charge in [0.2, 0.25) is 5.91 Å². The average Bonchev–Trinajstić information content (AvgIpc) is 2.57. The number of hydrogen-bond acceptors (Lipinski definition) is 3. The van der Waals surface area contributed by atoms with Crippen molar-refractivity contribution in [1.82, 2.24) is 5.32 Å². The third-order valence-corrected chi connectivity index (χ3v) is 5.71. The number of amides is 1. The van der Waals surface area contributed by atoms with Gasteiger partial charge in [-0.05, 0) is 37.0 Å². The van der Waals surface area contributed by atoms with Crippen LogP contribution in [-0.4, -0.2) is 26.6 Å².